The number of benzene rings is 1. The summed E-state index contributed by atoms with van der Waals surface area (Å²) in [4.78, 5) is 3.67. The zero-order chi connectivity index (χ0) is 15.6. The van der Waals surface area contributed by atoms with E-state index in [1.54, 1.807) is 18.5 Å². The molecule has 21 heavy (non-hydrogen) atoms. The zero-order valence-corrected chi connectivity index (χ0v) is 12.7. The Kier molecular flexibility index (Phi) is 4.46. The second kappa shape index (κ2) is 5.97. The molecule has 2 aromatic rings. The molecule has 0 aliphatic carbocycles. The summed E-state index contributed by atoms with van der Waals surface area (Å²) >= 11 is 5.77. The van der Waals surface area contributed by atoms with E-state index in [0.29, 0.717) is 0 Å². The lowest BCUT2D eigenvalue weighted by Gasteiger charge is -2.10. The summed E-state index contributed by atoms with van der Waals surface area (Å²) in [6.07, 6.45) is 3.18. The summed E-state index contributed by atoms with van der Waals surface area (Å²) in [6, 6.07) is 3.64. The van der Waals surface area contributed by atoms with E-state index in [2.05, 4.69) is 9.71 Å². The maximum absolute atomic E-state index is 13.2. The number of hydrogen-bond acceptors (Lipinski definition) is 4. The van der Waals surface area contributed by atoms with Crippen molar-refractivity contribution in [1.82, 2.24) is 9.71 Å². The molecule has 1 aromatic heterocycles. The van der Waals surface area contributed by atoms with Gasteiger partial charge in [0, 0.05) is 18.9 Å². The van der Waals surface area contributed by atoms with E-state index < -0.39 is 15.8 Å². The lowest BCUT2D eigenvalue weighted by molar-refractivity contribution is 0.580. The number of nitrogens with one attached hydrogen (secondary N) is 1. The van der Waals surface area contributed by atoms with Gasteiger partial charge >= 0.3 is 0 Å². The fourth-order valence-corrected chi connectivity index (χ4v) is 3.24. The predicted molar refractivity (Wildman–Crippen MR) is 78.8 cm³/mol. The van der Waals surface area contributed by atoms with Crippen LogP contribution < -0.4 is 10.5 Å². The highest BCUT2D eigenvalue weighted by atomic mass is 35.5. The smallest absolute Gasteiger partial charge is 0.242 e. The van der Waals surface area contributed by atoms with E-state index in [-0.39, 0.29) is 22.2 Å². The topological polar surface area (TPSA) is 85.1 Å². The van der Waals surface area contributed by atoms with Gasteiger partial charge in [0.05, 0.1) is 10.7 Å². The van der Waals surface area contributed by atoms with Crippen LogP contribution in [-0.2, 0) is 16.6 Å². The summed E-state index contributed by atoms with van der Waals surface area (Å²) < 4.78 is 40.0. The van der Waals surface area contributed by atoms with Crippen molar-refractivity contribution in [3.05, 3.63) is 52.6 Å². The Morgan fingerprint density at radius 3 is 2.81 bits per heavy atom. The first-order valence-electron chi connectivity index (χ1n) is 5.95. The summed E-state index contributed by atoms with van der Waals surface area (Å²) in [5.74, 6) is -0.762. The van der Waals surface area contributed by atoms with Crippen LogP contribution in [-0.4, -0.2) is 13.4 Å². The van der Waals surface area contributed by atoms with E-state index in [0.717, 1.165) is 23.3 Å². The van der Waals surface area contributed by atoms with Crippen molar-refractivity contribution in [3.8, 4) is 0 Å². The van der Waals surface area contributed by atoms with Gasteiger partial charge < -0.3 is 5.73 Å². The van der Waals surface area contributed by atoms with Crippen molar-refractivity contribution in [2.24, 2.45) is 0 Å². The van der Waals surface area contributed by atoms with E-state index in [1.807, 2.05) is 6.92 Å². The molecule has 3 N–H and O–H groups in total. The molecule has 2 rings (SSSR count). The first kappa shape index (κ1) is 15.7. The van der Waals surface area contributed by atoms with Crippen molar-refractivity contribution in [3.63, 3.8) is 0 Å². The van der Waals surface area contributed by atoms with Crippen molar-refractivity contribution in [1.29, 1.82) is 0 Å². The van der Waals surface area contributed by atoms with Gasteiger partial charge in [-0.25, -0.2) is 17.5 Å². The Morgan fingerprint density at radius 1 is 1.43 bits per heavy atom. The van der Waals surface area contributed by atoms with Gasteiger partial charge in [-0.1, -0.05) is 11.6 Å². The number of hydrogen-bond donors (Lipinski definition) is 2. The third kappa shape index (κ3) is 3.49. The molecule has 0 aliphatic rings. The molecule has 112 valence electrons. The van der Waals surface area contributed by atoms with Crippen LogP contribution in [0.15, 0.2) is 35.5 Å². The number of nitrogens with zero attached hydrogens (tertiary/aromatic N) is 1. The van der Waals surface area contributed by atoms with Gasteiger partial charge in [0.2, 0.25) is 10.0 Å². The van der Waals surface area contributed by atoms with Crippen molar-refractivity contribution in [2.45, 2.75) is 18.4 Å². The van der Waals surface area contributed by atoms with Crippen molar-refractivity contribution in [2.75, 3.05) is 5.73 Å². The third-order valence-corrected chi connectivity index (χ3v) is 4.81. The maximum Gasteiger partial charge on any atom is 0.242 e. The van der Waals surface area contributed by atoms with Gasteiger partial charge in [0.25, 0.3) is 0 Å². The molecule has 0 bridgehead atoms. The Bertz CT molecular complexity index is 781. The van der Waals surface area contributed by atoms with Crippen LogP contribution in [0.5, 0.6) is 0 Å². The zero-order valence-electron chi connectivity index (χ0n) is 11.1. The molecule has 0 radical (unpaired) electrons. The molecule has 0 spiro atoms. The number of rotatable bonds is 4. The highest BCUT2D eigenvalue weighted by Gasteiger charge is 2.20. The average molecular weight is 330 g/mol. The molecule has 8 heteroatoms. The maximum atomic E-state index is 13.2. The van der Waals surface area contributed by atoms with Gasteiger partial charge in [0.15, 0.2) is 0 Å². The molecule has 1 heterocycles. The molecular formula is C13H13ClFN3O2S. The van der Waals surface area contributed by atoms with E-state index in [1.165, 1.54) is 0 Å². The number of sulfonamides is 1. The Hall–Kier alpha value is -1.70. The van der Waals surface area contributed by atoms with E-state index >= 15 is 0 Å². The fourth-order valence-electron chi connectivity index (χ4n) is 1.68. The predicted octanol–water partition coefficient (Wildman–Crippen LogP) is 2.24. The lowest BCUT2D eigenvalue weighted by Crippen LogP contribution is -2.24. The number of nitrogen functional groups attached to an aromatic ring is 1. The Balaban J connectivity index is 2.27. The third-order valence-electron chi connectivity index (χ3n) is 2.94. The molecule has 0 atom stereocenters. The fraction of sp³-hybridized carbons (Fsp3) is 0.154. The van der Waals surface area contributed by atoms with Crippen molar-refractivity contribution >= 4 is 27.3 Å². The summed E-state index contributed by atoms with van der Waals surface area (Å²) in [7, 11) is -3.90. The first-order valence-corrected chi connectivity index (χ1v) is 7.81. The second-order valence-corrected chi connectivity index (χ2v) is 6.57. The van der Waals surface area contributed by atoms with Crippen LogP contribution in [0.4, 0.5) is 10.1 Å². The minimum atomic E-state index is -3.90. The molecule has 0 amide bonds. The second-order valence-electron chi connectivity index (χ2n) is 4.43. The standard InChI is InChI=1S/C13H13ClFN3O2S/c1-8-2-3-17-6-9(8)7-18-21(19,20)13-5-12(16)11(15)4-10(13)14/h2-6,18H,7,16H2,1H3. The van der Waals surface area contributed by atoms with Crippen molar-refractivity contribution < 1.29 is 12.8 Å². The number of aryl methyl sites for hydroxylation is 1. The lowest BCUT2D eigenvalue weighted by atomic mass is 10.2. The van der Waals surface area contributed by atoms with Gasteiger partial charge in [-0.3, -0.25) is 4.98 Å². The molecule has 0 aliphatic heterocycles. The van der Waals surface area contributed by atoms with Gasteiger partial charge in [-0.2, -0.15) is 0 Å². The SMILES string of the molecule is Cc1ccncc1CNS(=O)(=O)c1cc(N)c(F)cc1Cl. The van der Waals surface area contributed by atoms with Gasteiger partial charge in [-0.05, 0) is 36.2 Å². The molecule has 0 unspecified atom stereocenters. The summed E-state index contributed by atoms with van der Waals surface area (Å²) in [5, 5.41) is -0.225. The minimum Gasteiger partial charge on any atom is -0.396 e. The molecule has 0 fully saturated rings. The van der Waals surface area contributed by atoms with Gasteiger partial charge in [0.1, 0.15) is 10.7 Å². The Morgan fingerprint density at radius 2 is 2.14 bits per heavy atom. The highest BCUT2D eigenvalue weighted by Crippen LogP contribution is 2.26. The number of pyridine rings is 1. The summed E-state index contributed by atoms with van der Waals surface area (Å²) in [5.41, 5.74) is 6.73. The molecule has 5 nitrogen and oxygen atoms in total. The van der Waals surface area contributed by atoms with Crippen LogP contribution in [0.2, 0.25) is 5.02 Å². The largest absolute Gasteiger partial charge is 0.396 e. The molecular weight excluding hydrogens is 317 g/mol. The number of halogens is 2. The van der Waals surface area contributed by atoms with E-state index in [9.17, 15) is 12.8 Å². The van der Waals surface area contributed by atoms with Gasteiger partial charge in [-0.15, -0.1) is 0 Å². The van der Waals surface area contributed by atoms with Crippen LogP contribution in [0.3, 0.4) is 0 Å². The summed E-state index contributed by atoms with van der Waals surface area (Å²) in [6.45, 7) is 1.89. The van der Waals surface area contributed by atoms with Crippen LogP contribution in [0.1, 0.15) is 11.1 Å². The molecule has 0 saturated carbocycles. The first-order chi connectivity index (χ1) is 9.81. The van der Waals surface area contributed by atoms with E-state index in [4.69, 9.17) is 17.3 Å². The highest BCUT2D eigenvalue weighted by molar-refractivity contribution is 7.89. The van der Waals surface area contributed by atoms with Crippen LogP contribution in [0, 0.1) is 12.7 Å². The minimum absolute atomic E-state index is 0.0512. The normalized spacial score (nSPS) is 11.6. The quantitative estimate of drug-likeness (QED) is 0.842. The molecule has 0 saturated heterocycles. The molecule has 1 aromatic carbocycles. The van der Waals surface area contributed by atoms with Crippen LogP contribution >= 0.6 is 11.6 Å². The number of anilines is 1. The number of nitrogens with two attached hydrogens (primary N) is 1. The van der Waals surface area contributed by atoms with Crippen LogP contribution in [0.25, 0.3) is 0 Å². The monoisotopic (exact) mass is 329 g/mol. The Labute approximate surface area is 127 Å². The number of aromatic nitrogens is 1. The average Bonchev–Trinajstić information content (AvgIpc) is 2.42.